The highest BCUT2D eigenvalue weighted by atomic mass is 35.5. The molecule has 0 saturated heterocycles. The molecule has 0 saturated carbocycles. The van der Waals surface area contributed by atoms with Gasteiger partial charge in [-0.1, -0.05) is 11.6 Å². The largest absolute Gasteiger partial charge is 0.496 e. The highest BCUT2D eigenvalue weighted by Crippen LogP contribution is 2.24. The first-order valence-corrected chi connectivity index (χ1v) is 9.39. The first-order valence-electron chi connectivity index (χ1n) is 7.46. The van der Waals surface area contributed by atoms with Crippen LogP contribution in [0.15, 0.2) is 41.4 Å². The summed E-state index contributed by atoms with van der Waals surface area (Å²) in [7, 11) is -2.74. The Labute approximate surface area is 160 Å². The lowest BCUT2D eigenvalue weighted by Gasteiger charge is -2.15. The van der Waals surface area contributed by atoms with Gasteiger partial charge in [0.1, 0.15) is 11.3 Å². The molecule has 1 aromatic heterocycles. The molecule has 0 spiro atoms. The van der Waals surface area contributed by atoms with E-state index in [0.717, 1.165) is 6.07 Å². The number of nitrogens with zero attached hydrogens (tertiary/aromatic N) is 1. The topological polar surface area (TPSA) is 138 Å². The fraction of sp³-hybridized carbons (Fsp3) is 0.188. The van der Waals surface area contributed by atoms with E-state index < -0.39 is 28.0 Å². The summed E-state index contributed by atoms with van der Waals surface area (Å²) in [5.41, 5.74) is 0.0592. The number of aromatic nitrogens is 1. The minimum atomic E-state index is -4.04. The maximum absolute atomic E-state index is 12.4. The molecule has 9 nitrogen and oxygen atoms in total. The number of primary sulfonamides is 1. The number of rotatable bonds is 6. The number of anilines is 1. The summed E-state index contributed by atoms with van der Waals surface area (Å²) in [6, 6.07) is 6.56. The molecule has 0 aliphatic rings. The predicted molar refractivity (Wildman–Crippen MR) is 97.1 cm³/mol. The number of ether oxygens (including phenoxy) is 2. The minimum absolute atomic E-state index is 0.0651. The zero-order valence-corrected chi connectivity index (χ0v) is 15.9. The molecule has 0 radical (unpaired) electrons. The van der Waals surface area contributed by atoms with Crippen molar-refractivity contribution in [2.75, 3.05) is 12.4 Å². The van der Waals surface area contributed by atoms with Gasteiger partial charge in [-0.05, 0) is 37.3 Å². The van der Waals surface area contributed by atoms with Crippen LogP contribution in [-0.2, 0) is 19.6 Å². The van der Waals surface area contributed by atoms with Crippen LogP contribution in [0, 0.1) is 0 Å². The Balaban J connectivity index is 2.18. The third-order valence-corrected chi connectivity index (χ3v) is 4.60. The molecule has 2 rings (SSSR count). The van der Waals surface area contributed by atoms with Crippen molar-refractivity contribution < 1.29 is 27.5 Å². The number of benzene rings is 1. The van der Waals surface area contributed by atoms with Gasteiger partial charge in [0.2, 0.25) is 10.0 Å². The van der Waals surface area contributed by atoms with Crippen LogP contribution in [-0.4, -0.2) is 38.5 Å². The predicted octanol–water partition coefficient (Wildman–Crippen LogP) is 1.57. The smallest absolute Gasteiger partial charge is 0.342 e. The normalized spacial score (nSPS) is 12.1. The number of pyridine rings is 1. The first-order chi connectivity index (χ1) is 12.6. The number of hydrogen-bond donors (Lipinski definition) is 2. The van der Waals surface area contributed by atoms with Gasteiger partial charge in [-0.25, -0.2) is 23.3 Å². The van der Waals surface area contributed by atoms with Gasteiger partial charge in [-0.2, -0.15) is 0 Å². The van der Waals surface area contributed by atoms with Gasteiger partial charge >= 0.3 is 5.97 Å². The molecule has 2 aromatic rings. The zero-order chi connectivity index (χ0) is 20.2. The van der Waals surface area contributed by atoms with Gasteiger partial charge < -0.3 is 14.8 Å². The number of carbonyl (C=O) groups is 2. The van der Waals surface area contributed by atoms with E-state index >= 15 is 0 Å². The molecule has 0 bridgehead atoms. The number of nitrogens with two attached hydrogens (primary N) is 1. The molecule has 0 aliphatic carbocycles. The number of amides is 1. The van der Waals surface area contributed by atoms with Crippen molar-refractivity contribution in [2.24, 2.45) is 5.14 Å². The maximum atomic E-state index is 12.4. The van der Waals surface area contributed by atoms with E-state index in [0.29, 0.717) is 0 Å². The van der Waals surface area contributed by atoms with Gasteiger partial charge in [0.15, 0.2) is 11.3 Å². The number of sulfonamides is 1. The lowest BCUT2D eigenvalue weighted by molar-refractivity contribution is -0.123. The number of methoxy groups -OCH3 is 1. The second-order valence-electron chi connectivity index (χ2n) is 5.29. The second kappa shape index (κ2) is 8.33. The van der Waals surface area contributed by atoms with Crippen molar-refractivity contribution in [3.05, 3.63) is 47.2 Å². The molecule has 27 heavy (non-hydrogen) atoms. The summed E-state index contributed by atoms with van der Waals surface area (Å²) in [5, 5.41) is 7.61. The van der Waals surface area contributed by atoms with Gasteiger partial charge in [0.05, 0.1) is 17.7 Å². The number of esters is 1. The number of carbonyl (C=O) groups excluding carboxylic acids is 2. The summed E-state index contributed by atoms with van der Waals surface area (Å²) in [6.07, 6.45) is 0.239. The first kappa shape index (κ1) is 20.6. The Morgan fingerprint density at radius 2 is 2.00 bits per heavy atom. The molecule has 11 heteroatoms. The molecule has 1 atom stereocenters. The molecule has 0 fully saturated rings. The lowest BCUT2D eigenvalue weighted by atomic mass is 10.2. The Kier molecular flexibility index (Phi) is 6.37. The molecule has 1 aromatic carbocycles. The van der Waals surface area contributed by atoms with Crippen LogP contribution in [0.25, 0.3) is 0 Å². The quantitative estimate of drug-likeness (QED) is 0.541. The third kappa shape index (κ3) is 5.16. The fourth-order valence-electron chi connectivity index (χ4n) is 2.01. The summed E-state index contributed by atoms with van der Waals surface area (Å²) >= 11 is 5.86. The van der Waals surface area contributed by atoms with E-state index in [9.17, 15) is 18.0 Å². The molecule has 3 N–H and O–H groups in total. The van der Waals surface area contributed by atoms with Gasteiger partial charge in [0, 0.05) is 6.20 Å². The molecule has 1 heterocycles. The number of nitrogens with one attached hydrogen (secondary N) is 1. The molecular formula is C16H16ClN3O6S. The van der Waals surface area contributed by atoms with Crippen LogP contribution in [0.2, 0.25) is 5.15 Å². The van der Waals surface area contributed by atoms with Crippen molar-refractivity contribution in [2.45, 2.75) is 17.9 Å². The highest BCUT2D eigenvalue weighted by molar-refractivity contribution is 7.89. The Hall–Kier alpha value is -2.69. The SMILES string of the molecule is COc1ccc(S(N)(=O)=O)cc1C(=O)O[C@H](C)C(=O)Nc1cccnc1Cl. The van der Waals surface area contributed by atoms with Crippen LogP contribution < -0.4 is 15.2 Å². The maximum Gasteiger partial charge on any atom is 0.342 e. The molecule has 1 amide bonds. The Morgan fingerprint density at radius 3 is 2.59 bits per heavy atom. The van der Waals surface area contributed by atoms with Crippen LogP contribution >= 0.6 is 11.6 Å². The fourth-order valence-corrected chi connectivity index (χ4v) is 2.72. The van der Waals surface area contributed by atoms with Gasteiger partial charge in [-0.15, -0.1) is 0 Å². The van der Waals surface area contributed by atoms with E-state index in [4.69, 9.17) is 26.2 Å². The molecular weight excluding hydrogens is 398 g/mol. The van der Waals surface area contributed by atoms with Crippen molar-refractivity contribution in [3.63, 3.8) is 0 Å². The number of halogens is 1. The molecule has 0 unspecified atom stereocenters. The third-order valence-electron chi connectivity index (χ3n) is 3.39. The van der Waals surface area contributed by atoms with E-state index in [1.165, 1.54) is 38.4 Å². The van der Waals surface area contributed by atoms with Crippen molar-refractivity contribution in [1.29, 1.82) is 0 Å². The standard InChI is InChI=1S/C16H16ClN3O6S/c1-9(15(21)20-12-4-3-7-19-14(12)17)26-16(22)11-8-10(27(18,23)24)5-6-13(11)25-2/h3-9H,1-2H3,(H,20,21)(H2,18,23,24)/t9-/m1/s1. The summed E-state index contributed by atoms with van der Waals surface area (Å²) in [6.45, 7) is 1.34. The van der Waals surface area contributed by atoms with Crippen LogP contribution in [0.5, 0.6) is 5.75 Å². The zero-order valence-electron chi connectivity index (χ0n) is 14.3. The average Bonchev–Trinajstić information content (AvgIpc) is 2.62. The van der Waals surface area contributed by atoms with Crippen LogP contribution in [0.4, 0.5) is 5.69 Å². The molecule has 144 valence electrons. The van der Waals surface area contributed by atoms with Crippen molar-refractivity contribution in [3.8, 4) is 5.75 Å². The van der Waals surface area contributed by atoms with E-state index in [1.54, 1.807) is 6.07 Å². The van der Waals surface area contributed by atoms with Gasteiger partial charge in [-0.3, -0.25) is 4.79 Å². The van der Waals surface area contributed by atoms with Crippen molar-refractivity contribution in [1.82, 2.24) is 4.98 Å². The molecule has 0 aliphatic heterocycles. The highest BCUT2D eigenvalue weighted by Gasteiger charge is 2.23. The Morgan fingerprint density at radius 1 is 1.30 bits per heavy atom. The Bertz CT molecular complexity index is 980. The van der Waals surface area contributed by atoms with Crippen molar-refractivity contribution >= 4 is 39.2 Å². The van der Waals surface area contributed by atoms with Crippen LogP contribution in [0.1, 0.15) is 17.3 Å². The average molecular weight is 414 g/mol. The van der Waals surface area contributed by atoms with E-state index in [2.05, 4.69) is 10.3 Å². The summed E-state index contributed by atoms with van der Waals surface area (Å²) < 4.78 is 33.1. The summed E-state index contributed by atoms with van der Waals surface area (Å²) in [5.74, 6) is -1.55. The second-order valence-corrected chi connectivity index (χ2v) is 7.21. The van der Waals surface area contributed by atoms with Gasteiger partial charge in [0.25, 0.3) is 5.91 Å². The monoisotopic (exact) mass is 413 g/mol. The van der Waals surface area contributed by atoms with E-state index in [1.807, 2.05) is 0 Å². The summed E-state index contributed by atoms with van der Waals surface area (Å²) in [4.78, 5) is 28.1. The van der Waals surface area contributed by atoms with E-state index in [-0.39, 0.29) is 27.0 Å². The van der Waals surface area contributed by atoms with Crippen LogP contribution in [0.3, 0.4) is 0 Å². The number of hydrogen-bond acceptors (Lipinski definition) is 7. The minimum Gasteiger partial charge on any atom is -0.496 e. The lowest BCUT2D eigenvalue weighted by Crippen LogP contribution is -2.30.